The maximum Gasteiger partial charge on any atom is 0.259 e. The Labute approximate surface area is 135 Å². The normalized spacial score (nSPS) is 11.0. The highest BCUT2D eigenvalue weighted by atomic mass is 35.5. The average Bonchev–Trinajstić information content (AvgIpc) is 2.87. The first kappa shape index (κ1) is 15.4. The molecule has 0 radical (unpaired) electrons. The van der Waals surface area contributed by atoms with Gasteiger partial charge in [0.15, 0.2) is 11.6 Å². The van der Waals surface area contributed by atoms with Gasteiger partial charge in [0, 0.05) is 6.54 Å². The lowest BCUT2D eigenvalue weighted by Gasteiger charge is -2.09. The molecule has 1 N–H and O–H groups in total. The molecular weight excluding hydrogens is 324 g/mol. The lowest BCUT2D eigenvalue weighted by molar-refractivity contribution is 0.102. The summed E-state index contributed by atoms with van der Waals surface area (Å²) in [5, 5.41) is 2.43. The molecule has 0 unspecified atom stereocenters. The molecule has 4 nitrogen and oxygen atoms in total. The molecule has 3 rings (SSSR count). The van der Waals surface area contributed by atoms with Crippen LogP contribution in [0.25, 0.3) is 11.0 Å². The number of aromatic nitrogens is 2. The lowest BCUT2D eigenvalue weighted by Crippen LogP contribution is -2.16. The number of hydrogen-bond acceptors (Lipinski definition) is 2. The Morgan fingerprint density at radius 3 is 2.70 bits per heavy atom. The van der Waals surface area contributed by atoms with Crippen LogP contribution in [-0.2, 0) is 6.54 Å². The van der Waals surface area contributed by atoms with Crippen molar-refractivity contribution in [3.05, 3.63) is 58.6 Å². The summed E-state index contributed by atoms with van der Waals surface area (Å²) in [6.07, 6.45) is 0. The van der Waals surface area contributed by atoms with Crippen LogP contribution in [0.15, 0.2) is 36.4 Å². The first-order valence-electron chi connectivity index (χ1n) is 6.92. The molecule has 0 saturated carbocycles. The summed E-state index contributed by atoms with van der Waals surface area (Å²) in [5.41, 5.74) is 1.43. The van der Waals surface area contributed by atoms with Gasteiger partial charge in [-0.05, 0) is 31.2 Å². The van der Waals surface area contributed by atoms with Crippen LogP contribution in [0.2, 0.25) is 5.02 Å². The third-order valence-electron chi connectivity index (χ3n) is 3.45. The van der Waals surface area contributed by atoms with Crippen molar-refractivity contribution in [2.24, 2.45) is 0 Å². The van der Waals surface area contributed by atoms with Crippen molar-refractivity contribution in [3.8, 4) is 0 Å². The van der Waals surface area contributed by atoms with Crippen LogP contribution in [0.4, 0.5) is 14.7 Å². The van der Waals surface area contributed by atoms with Crippen LogP contribution in [0.1, 0.15) is 17.3 Å². The molecule has 1 aromatic heterocycles. The van der Waals surface area contributed by atoms with Crippen LogP contribution in [0, 0.1) is 11.6 Å². The number of amides is 1. The Bertz CT molecular complexity index is 908. The van der Waals surface area contributed by atoms with Crippen LogP contribution < -0.4 is 5.32 Å². The van der Waals surface area contributed by atoms with Crippen molar-refractivity contribution in [1.82, 2.24) is 9.55 Å². The number of aryl methyl sites for hydroxylation is 1. The highest BCUT2D eigenvalue weighted by Gasteiger charge is 2.18. The molecular formula is C16H12ClF2N3O. The Morgan fingerprint density at radius 1 is 1.26 bits per heavy atom. The summed E-state index contributed by atoms with van der Waals surface area (Å²) in [4.78, 5) is 16.6. The van der Waals surface area contributed by atoms with Gasteiger partial charge in [-0.2, -0.15) is 0 Å². The smallest absolute Gasteiger partial charge is 0.259 e. The second kappa shape index (κ2) is 5.96. The van der Waals surface area contributed by atoms with Gasteiger partial charge in [-0.15, -0.1) is 0 Å². The Balaban J connectivity index is 1.99. The molecule has 2 aromatic carbocycles. The third kappa shape index (κ3) is 2.77. The van der Waals surface area contributed by atoms with Gasteiger partial charge in [-0.1, -0.05) is 23.7 Å². The first-order valence-corrected chi connectivity index (χ1v) is 7.30. The molecule has 0 aliphatic carbocycles. The quantitative estimate of drug-likeness (QED) is 0.728. The van der Waals surface area contributed by atoms with Crippen LogP contribution in [-0.4, -0.2) is 15.5 Å². The number of halogens is 3. The van der Waals surface area contributed by atoms with Crippen LogP contribution in [0.5, 0.6) is 0 Å². The number of nitrogens with one attached hydrogen (secondary N) is 1. The van der Waals surface area contributed by atoms with E-state index < -0.39 is 17.5 Å². The maximum atomic E-state index is 13.3. The van der Waals surface area contributed by atoms with E-state index in [-0.39, 0.29) is 10.6 Å². The van der Waals surface area contributed by atoms with Gasteiger partial charge >= 0.3 is 0 Å². The molecule has 7 heteroatoms. The van der Waals surface area contributed by atoms with E-state index in [1.165, 1.54) is 0 Å². The number of benzene rings is 2. The molecule has 0 bridgehead atoms. The van der Waals surface area contributed by atoms with Gasteiger partial charge in [-0.3, -0.25) is 10.1 Å². The second-order valence-electron chi connectivity index (χ2n) is 4.87. The molecule has 3 aromatic rings. The number of hydrogen-bond donors (Lipinski definition) is 1. The number of anilines is 1. The summed E-state index contributed by atoms with van der Waals surface area (Å²) >= 11 is 5.82. The number of imidazole rings is 1. The van der Waals surface area contributed by atoms with E-state index in [0.29, 0.717) is 12.5 Å². The van der Waals surface area contributed by atoms with Gasteiger partial charge < -0.3 is 4.57 Å². The maximum absolute atomic E-state index is 13.3. The molecule has 0 saturated heterocycles. The fourth-order valence-corrected chi connectivity index (χ4v) is 2.59. The average molecular weight is 336 g/mol. The standard InChI is InChI=1S/C16H12ClF2N3O/c1-2-22-14-6-4-3-5-13(14)20-16(22)21-15(23)9-7-11(18)12(19)8-10(9)17/h3-8H,2H2,1H3,(H,20,21,23). The van der Waals surface area contributed by atoms with E-state index in [1.54, 1.807) is 4.57 Å². The number of para-hydroxylation sites is 2. The van der Waals surface area contributed by atoms with Gasteiger partial charge in [0.1, 0.15) is 0 Å². The minimum absolute atomic E-state index is 0.153. The molecule has 1 amide bonds. The van der Waals surface area contributed by atoms with Gasteiger partial charge in [0.2, 0.25) is 5.95 Å². The zero-order chi connectivity index (χ0) is 16.6. The summed E-state index contributed by atoms with van der Waals surface area (Å²) in [7, 11) is 0. The number of nitrogens with zero attached hydrogens (tertiary/aromatic N) is 2. The summed E-state index contributed by atoms with van der Waals surface area (Å²) < 4.78 is 28.2. The van der Waals surface area contributed by atoms with Crippen LogP contribution >= 0.6 is 11.6 Å². The molecule has 0 aliphatic heterocycles. The van der Waals surface area contributed by atoms with E-state index in [4.69, 9.17) is 11.6 Å². The fraction of sp³-hybridized carbons (Fsp3) is 0.125. The Hall–Kier alpha value is -2.47. The van der Waals surface area contributed by atoms with E-state index >= 15 is 0 Å². The predicted octanol–water partition coefficient (Wildman–Crippen LogP) is 4.24. The zero-order valence-electron chi connectivity index (χ0n) is 12.1. The summed E-state index contributed by atoms with van der Waals surface area (Å²) in [5.74, 6) is -2.57. The summed E-state index contributed by atoms with van der Waals surface area (Å²) in [6, 6.07) is 8.95. The Morgan fingerprint density at radius 2 is 1.96 bits per heavy atom. The zero-order valence-corrected chi connectivity index (χ0v) is 12.9. The molecule has 0 aliphatic rings. The van der Waals surface area contributed by atoms with Crippen LogP contribution in [0.3, 0.4) is 0 Å². The van der Waals surface area contributed by atoms with E-state index in [2.05, 4.69) is 10.3 Å². The SMILES string of the molecule is CCn1c(NC(=O)c2cc(F)c(F)cc2Cl)nc2ccccc21. The van der Waals surface area contributed by atoms with Crippen molar-refractivity contribution in [2.45, 2.75) is 13.5 Å². The molecule has 118 valence electrons. The number of fused-ring (bicyclic) bond motifs is 1. The third-order valence-corrected chi connectivity index (χ3v) is 3.76. The van der Waals surface area contributed by atoms with E-state index in [1.807, 2.05) is 31.2 Å². The molecule has 0 spiro atoms. The van der Waals surface area contributed by atoms with Gasteiger partial charge in [0.05, 0.1) is 21.6 Å². The first-order chi connectivity index (χ1) is 11.0. The second-order valence-corrected chi connectivity index (χ2v) is 5.28. The van der Waals surface area contributed by atoms with Gasteiger partial charge in [-0.25, -0.2) is 13.8 Å². The van der Waals surface area contributed by atoms with Crippen molar-refractivity contribution >= 4 is 34.5 Å². The minimum Gasteiger partial charge on any atom is -0.310 e. The largest absolute Gasteiger partial charge is 0.310 e. The number of carbonyl (C=O) groups is 1. The highest BCUT2D eigenvalue weighted by molar-refractivity contribution is 6.34. The van der Waals surface area contributed by atoms with Crippen molar-refractivity contribution in [2.75, 3.05) is 5.32 Å². The number of rotatable bonds is 3. The highest BCUT2D eigenvalue weighted by Crippen LogP contribution is 2.23. The lowest BCUT2D eigenvalue weighted by atomic mass is 10.2. The molecule has 0 fully saturated rings. The fourth-order valence-electron chi connectivity index (χ4n) is 2.36. The minimum atomic E-state index is -1.14. The number of carbonyl (C=O) groups excluding carboxylic acids is 1. The van der Waals surface area contributed by atoms with E-state index in [9.17, 15) is 13.6 Å². The predicted molar refractivity (Wildman–Crippen MR) is 84.7 cm³/mol. The van der Waals surface area contributed by atoms with E-state index in [0.717, 1.165) is 23.2 Å². The van der Waals surface area contributed by atoms with Crippen molar-refractivity contribution in [1.29, 1.82) is 0 Å². The van der Waals surface area contributed by atoms with Crippen molar-refractivity contribution < 1.29 is 13.6 Å². The molecule has 23 heavy (non-hydrogen) atoms. The molecule has 0 atom stereocenters. The monoisotopic (exact) mass is 335 g/mol. The van der Waals surface area contributed by atoms with Gasteiger partial charge in [0.25, 0.3) is 5.91 Å². The topological polar surface area (TPSA) is 46.9 Å². The summed E-state index contributed by atoms with van der Waals surface area (Å²) in [6.45, 7) is 2.50. The Kier molecular flexibility index (Phi) is 4.00. The van der Waals surface area contributed by atoms with Crippen molar-refractivity contribution in [3.63, 3.8) is 0 Å². The molecule has 1 heterocycles.